The van der Waals surface area contributed by atoms with E-state index in [-0.39, 0.29) is 12.3 Å². The topological polar surface area (TPSA) is 82.3 Å². The van der Waals surface area contributed by atoms with Gasteiger partial charge in [0.05, 0.1) is 5.56 Å². The highest BCUT2D eigenvalue weighted by atomic mass is 79.9. The molecule has 0 fully saturated rings. The summed E-state index contributed by atoms with van der Waals surface area (Å²) in [6, 6.07) is 1.65. The fourth-order valence-electron chi connectivity index (χ4n) is 0.882. The Balaban J connectivity index is 2.82. The van der Waals surface area contributed by atoms with Crippen LogP contribution >= 0.6 is 15.9 Å². The predicted octanol–water partition coefficient (Wildman–Crippen LogP) is 1.10. The number of primary amides is 1. The smallest absolute Gasteiger partial charge is 0.405 e. The molecule has 82 valence electrons. The molecular weight excluding hydrogens is 276 g/mol. The van der Waals surface area contributed by atoms with Crippen LogP contribution in [0, 0.1) is 11.8 Å². The number of rotatable bonds is 2. The fourth-order valence-corrected chi connectivity index (χ4v) is 1.21. The van der Waals surface area contributed by atoms with E-state index in [1.807, 2.05) is 0 Å². The summed E-state index contributed by atoms with van der Waals surface area (Å²) in [5.41, 5.74) is 5.43. The van der Waals surface area contributed by atoms with Gasteiger partial charge < -0.3 is 10.5 Å². The zero-order valence-corrected chi connectivity index (χ0v) is 9.65. The van der Waals surface area contributed by atoms with Crippen LogP contribution in [0.2, 0.25) is 0 Å². The van der Waals surface area contributed by atoms with Crippen LogP contribution in [0.5, 0.6) is 0 Å². The molecule has 1 amide bonds. The first-order chi connectivity index (χ1) is 7.63. The lowest BCUT2D eigenvalue weighted by molar-refractivity contribution is 0.111. The second-order valence-corrected chi connectivity index (χ2v) is 3.53. The molecule has 0 spiro atoms. The third-order valence-corrected chi connectivity index (χ3v) is 1.94. The molecule has 0 atom stereocenters. The summed E-state index contributed by atoms with van der Waals surface area (Å²) in [7, 11) is 0. The van der Waals surface area contributed by atoms with Crippen molar-refractivity contribution in [3.05, 3.63) is 28.0 Å². The number of aldehydes is 1. The van der Waals surface area contributed by atoms with Gasteiger partial charge in [-0.15, -0.1) is 0 Å². The van der Waals surface area contributed by atoms with Crippen LogP contribution < -0.4 is 5.73 Å². The number of halogens is 1. The van der Waals surface area contributed by atoms with E-state index in [0.717, 1.165) is 0 Å². The number of ether oxygens (including phenoxy) is 1. The van der Waals surface area contributed by atoms with Gasteiger partial charge in [-0.1, -0.05) is 11.8 Å². The van der Waals surface area contributed by atoms with Gasteiger partial charge in [0.1, 0.15) is 5.69 Å². The molecular formula is C10H7BrN2O3. The molecule has 0 aliphatic heterocycles. The van der Waals surface area contributed by atoms with Crippen LogP contribution in [0.3, 0.4) is 0 Å². The van der Waals surface area contributed by atoms with Gasteiger partial charge in [0.15, 0.2) is 12.9 Å². The first kappa shape index (κ1) is 12.2. The molecule has 0 bridgehead atoms. The molecule has 0 radical (unpaired) electrons. The maximum Gasteiger partial charge on any atom is 0.405 e. The average molecular weight is 283 g/mol. The minimum absolute atomic E-state index is 0.125. The second-order valence-electron chi connectivity index (χ2n) is 2.61. The molecule has 2 N–H and O–H groups in total. The zero-order chi connectivity index (χ0) is 12.0. The number of carbonyl (C=O) groups is 2. The molecule has 1 rings (SSSR count). The lowest BCUT2D eigenvalue weighted by Gasteiger charge is -1.96. The Morgan fingerprint density at radius 3 is 3.06 bits per heavy atom. The maximum absolute atomic E-state index is 10.6. The molecule has 0 aliphatic rings. The van der Waals surface area contributed by atoms with Gasteiger partial charge in [0, 0.05) is 10.7 Å². The van der Waals surface area contributed by atoms with E-state index in [1.54, 1.807) is 6.07 Å². The predicted molar refractivity (Wildman–Crippen MR) is 59.7 cm³/mol. The molecule has 0 unspecified atom stereocenters. The first-order valence-electron chi connectivity index (χ1n) is 4.15. The quantitative estimate of drug-likeness (QED) is 0.651. The molecule has 1 aromatic rings. The highest BCUT2D eigenvalue weighted by Gasteiger charge is 2.00. The average Bonchev–Trinajstić information content (AvgIpc) is 2.24. The van der Waals surface area contributed by atoms with E-state index in [4.69, 9.17) is 5.73 Å². The highest BCUT2D eigenvalue weighted by molar-refractivity contribution is 9.10. The van der Waals surface area contributed by atoms with Crippen LogP contribution in [0.1, 0.15) is 16.1 Å². The Morgan fingerprint density at radius 1 is 1.69 bits per heavy atom. The van der Waals surface area contributed by atoms with Crippen molar-refractivity contribution in [1.29, 1.82) is 0 Å². The van der Waals surface area contributed by atoms with E-state index >= 15 is 0 Å². The van der Waals surface area contributed by atoms with E-state index in [2.05, 4.69) is 37.5 Å². The molecule has 0 saturated heterocycles. The molecule has 16 heavy (non-hydrogen) atoms. The van der Waals surface area contributed by atoms with Crippen molar-refractivity contribution in [2.45, 2.75) is 0 Å². The fraction of sp³-hybridized carbons (Fsp3) is 0.100. The van der Waals surface area contributed by atoms with E-state index in [9.17, 15) is 9.59 Å². The number of nitrogens with two attached hydrogens (primary N) is 1. The largest absolute Gasteiger partial charge is 0.437 e. The van der Waals surface area contributed by atoms with Gasteiger partial charge >= 0.3 is 6.09 Å². The van der Waals surface area contributed by atoms with Gasteiger partial charge in [-0.05, 0) is 22.0 Å². The summed E-state index contributed by atoms with van der Waals surface area (Å²) in [5, 5.41) is 0. The van der Waals surface area contributed by atoms with Crippen molar-refractivity contribution in [2.24, 2.45) is 5.73 Å². The van der Waals surface area contributed by atoms with Gasteiger partial charge in [-0.3, -0.25) is 9.78 Å². The zero-order valence-electron chi connectivity index (χ0n) is 8.07. The second kappa shape index (κ2) is 5.88. The monoisotopic (exact) mass is 282 g/mol. The number of carbonyl (C=O) groups excluding carboxylic acids is 2. The number of hydrogen-bond donors (Lipinski definition) is 1. The summed E-state index contributed by atoms with van der Waals surface area (Å²) in [6.07, 6.45) is 1.21. The van der Waals surface area contributed by atoms with Gasteiger partial charge in [-0.2, -0.15) is 0 Å². The van der Waals surface area contributed by atoms with Crippen LogP contribution in [-0.4, -0.2) is 24.0 Å². The minimum Gasteiger partial charge on any atom is -0.437 e. The molecule has 0 aromatic carbocycles. The molecule has 1 heterocycles. The van der Waals surface area contributed by atoms with Crippen molar-refractivity contribution < 1.29 is 14.3 Å². The number of hydrogen-bond acceptors (Lipinski definition) is 4. The Kier molecular flexibility index (Phi) is 4.48. The Labute approximate surface area is 100 Å². The Bertz CT molecular complexity index is 477. The van der Waals surface area contributed by atoms with E-state index < -0.39 is 6.09 Å². The molecule has 5 nitrogen and oxygen atoms in total. The third kappa shape index (κ3) is 3.71. The molecule has 0 saturated carbocycles. The standard InChI is InChI=1S/C10H7BrN2O3/c11-8-4-7(9(6-14)13-5-8)2-1-3-16-10(12)15/h4-6H,3H2,(H2,12,15). The minimum atomic E-state index is -0.891. The van der Waals surface area contributed by atoms with E-state index in [1.165, 1.54) is 6.20 Å². The summed E-state index contributed by atoms with van der Waals surface area (Å²) < 4.78 is 5.12. The van der Waals surface area contributed by atoms with Crippen LogP contribution in [0.4, 0.5) is 4.79 Å². The first-order valence-corrected chi connectivity index (χ1v) is 4.94. The SMILES string of the molecule is NC(=O)OCC#Cc1cc(Br)cnc1C=O. The van der Waals surface area contributed by atoms with Crippen LogP contribution in [-0.2, 0) is 4.74 Å². The number of aromatic nitrogens is 1. The summed E-state index contributed by atoms with van der Waals surface area (Å²) >= 11 is 3.21. The van der Waals surface area contributed by atoms with Gasteiger partial charge in [0.25, 0.3) is 0 Å². The summed E-state index contributed by atoms with van der Waals surface area (Å²) in [6.45, 7) is -0.125. The van der Waals surface area contributed by atoms with Crippen molar-refractivity contribution in [1.82, 2.24) is 4.98 Å². The highest BCUT2D eigenvalue weighted by Crippen LogP contribution is 2.11. The van der Waals surface area contributed by atoms with Crippen molar-refractivity contribution in [3.8, 4) is 11.8 Å². The van der Waals surface area contributed by atoms with Crippen LogP contribution in [0.15, 0.2) is 16.7 Å². The molecule has 1 aromatic heterocycles. The molecule has 0 aliphatic carbocycles. The number of amides is 1. The van der Waals surface area contributed by atoms with Crippen LogP contribution in [0.25, 0.3) is 0 Å². The van der Waals surface area contributed by atoms with Gasteiger partial charge in [0.2, 0.25) is 0 Å². The lowest BCUT2D eigenvalue weighted by Crippen LogP contribution is -2.12. The number of pyridine rings is 1. The molecule has 6 heteroatoms. The van der Waals surface area contributed by atoms with Gasteiger partial charge in [-0.25, -0.2) is 4.79 Å². The Hall–Kier alpha value is -1.87. The summed E-state index contributed by atoms with van der Waals surface area (Å²) in [4.78, 5) is 24.7. The maximum atomic E-state index is 10.6. The normalized spacial score (nSPS) is 8.81. The van der Waals surface area contributed by atoms with E-state index in [0.29, 0.717) is 16.3 Å². The van der Waals surface area contributed by atoms with Crippen molar-refractivity contribution in [2.75, 3.05) is 6.61 Å². The van der Waals surface area contributed by atoms with Crippen molar-refractivity contribution >= 4 is 28.3 Å². The third-order valence-electron chi connectivity index (χ3n) is 1.51. The number of nitrogens with zero attached hydrogens (tertiary/aromatic N) is 1. The summed E-state index contributed by atoms with van der Waals surface area (Å²) in [5.74, 6) is 5.20. The van der Waals surface area contributed by atoms with Crippen molar-refractivity contribution in [3.63, 3.8) is 0 Å². The lowest BCUT2D eigenvalue weighted by atomic mass is 10.2. The Morgan fingerprint density at radius 2 is 2.44 bits per heavy atom.